The van der Waals surface area contributed by atoms with E-state index in [1.807, 2.05) is 0 Å². The van der Waals surface area contributed by atoms with Crippen LogP contribution in [-0.4, -0.2) is 28.3 Å². The first kappa shape index (κ1) is 13.2. The molecule has 0 amide bonds. The van der Waals surface area contributed by atoms with E-state index in [-0.39, 0.29) is 0 Å². The molecule has 1 aliphatic carbocycles. The van der Waals surface area contributed by atoms with E-state index < -0.39 is 0 Å². The number of nitrogens with two attached hydrogens (primary N) is 1. The van der Waals surface area contributed by atoms with Gasteiger partial charge in [0.05, 0.1) is 11.3 Å². The third-order valence-corrected chi connectivity index (χ3v) is 3.71. The first-order chi connectivity index (χ1) is 8.60. The highest BCUT2D eigenvalue weighted by Crippen LogP contribution is 2.32. The van der Waals surface area contributed by atoms with E-state index in [1.165, 1.54) is 12.8 Å². The molecule has 0 atom stereocenters. The summed E-state index contributed by atoms with van der Waals surface area (Å²) in [5, 5.41) is 8.68. The highest BCUT2D eigenvalue weighted by atomic mass is 32.1. The SMILES string of the molecule is CCc1nnc(N(C)C2CC2)c(C(N)=S)c1CC. The van der Waals surface area contributed by atoms with Crippen LogP contribution < -0.4 is 10.6 Å². The van der Waals surface area contributed by atoms with Crippen molar-refractivity contribution in [2.45, 2.75) is 45.6 Å². The molecule has 0 radical (unpaired) electrons. The van der Waals surface area contributed by atoms with E-state index >= 15 is 0 Å². The second kappa shape index (κ2) is 5.18. The molecule has 0 saturated heterocycles. The summed E-state index contributed by atoms with van der Waals surface area (Å²) in [5.74, 6) is 0.846. The van der Waals surface area contributed by atoms with Gasteiger partial charge in [0.15, 0.2) is 5.82 Å². The van der Waals surface area contributed by atoms with Crippen LogP contribution in [0.15, 0.2) is 0 Å². The summed E-state index contributed by atoms with van der Waals surface area (Å²) in [6.07, 6.45) is 4.17. The van der Waals surface area contributed by atoms with E-state index in [2.05, 4.69) is 36.0 Å². The van der Waals surface area contributed by atoms with Crippen molar-refractivity contribution >= 4 is 23.0 Å². The Morgan fingerprint density at radius 1 is 1.33 bits per heavy atom. The van der Waals surface area contributed by atoms with E-state index in [0.29, 0.717) is 11.0 Å². The Morgan fingerprint density at radius 3 is 2.44 bits per heavy atom. The van der Waals surface area contributed by atoms with Crippen molar-refractivity contribution in [3.05, 3.63) is 16.8 Å². The van der Waals surface area contributed by atoms with Gasteiger partial charge in [-0.2, -0.15) is 5.10 Å². The van der Waals surface area contributed by atoms with Crippen LogP contribution in [0.1, 0.15) is 43.5 Å². The maximum absolute atomic E-state index is 5.91. The maximum Gasteiger partial charge on any atom is 0.161 e. The van der Waals surface area contributed by atoms with Crippen LogP contribution >= 0.6 is 12.2 Å². The van der Waals surface area contributed by atoms with Crippen LogP contribution in [0.3, 0.4) is 0 Å². The molecule has 1 aliphatic rings. The molecule has 4 nitrogen and oxygen atoms in total. The number of aromatic nitrogens is 2. The topological polar surface area (TPSA) is 55.0 Å². The Labute approximate surface area is 114 Å². The Balaban J connectivity index is 2.54. The quantitative estimate of drug-likeness (QED) is 0.822. The number of hydrogen-bond donors (Lipinski definition) is 1. The predicted octanol–water partition coefficient (Wildman–Crippen LogP) is 1.83. The van der Waals surface area contributed by atoms with Crippen LogP contribution in [-0.2, 0) is 12.8 Å². The van der Waals surface area contributed by atoms with Gasteiger partial charge in [0, 0.05) is 13.1 Å². The minimum Gasteiger partial charge on any atom is -0.389 e. The molecule has 2 N–H and O–H groups in total. The lowest BCUT2D eigenvalue weighted by molar-refractivity contribution is 0.818. The van der Waals surface area contributed by atoms with Gasteiger partial charge in [-0.1, -0.05) is 26.1 Å². The first-order valence-electron chi connectivity index (χ1n) is 6.51. The zero-order chi connectivity index (χ0) is 13.3. The minimum absolute atomic E-state index is 0.430. The number of hydrogen-bond acceptors (Lipinski definition) is 4. The zero-order valence-corrected chi connectivity index (χ0v) is 12.0. The van der Waals surface area contributed by atoms with Crippen molar-refractivity contribution in [3.63, 3.8) is 0 Å². The van der Waals surface area contributed by atoms with Gasteiger partial charge in [-0.05, 0) is 31.2 Å². The van der Waals surface area contributed by atoms with Gasteiger partial charge in [0.1, 0.15) is 4.99 Å². The Kier molecular flexibility index (Phi) is 3.80. The fourth-order valence-corrected chi connectivity index (χ4v) is 2.52. The summed E-state index contributed by atoms with van der Waals surface area (Å²) in [6, 6.07) is 0.574. The second-order valence-corrected chi connectivity index (χ2v) is 5.18. The summed E-state index contributed by atoms with van der Waals surface area (Å²) in [5.41, 5.74) is 9.00. The number of anilines is 1. The van der Waals surface area contributed by atoms with E-state index in [4.69, 9.17) is 18.0 Å². The van der Waals surface area contributed by atoms with Gasteiger partial charge in [-0.25, -0.2) is 0 Å². The van der Waals surface area contributed by atoms with Gasteiger partial charge in [0.2, 0.25) is 0 Å². The summed E-state index contributed by atoms with van der Waals surface area (Å²) < 4.78 is 0. The molecule has 0 bridgehead atoms. The van der Waals surface area contributed by atoms with Crippen molar-refractivity contribution in [1.29, 1.82) is 0 Å². The molecule has 1 fully saturated rings. The van der Waals surface area contributed by atoms with Crippen molar-refractivity contribution < 1.29 is 0 Å². The molecule has 18 heavy (non-hydrogen) atoms. The van der Waals surface area contributed by atoms with E-state index in [9.17, 15) is 0 Å². The standard InChI is InChI=1S/C13H20N4S/c1-4-9-10(5-2)15-16-13(11(9)12(14)18)17(3)8-6-7-8/h8H,4-7H2,1-3H3,(H2,14,18). The van der Waals surface area contributed by atoms with Crippen LogP contribution in [0, 0.1) is 0 Å². The average Bonchev–Trinajstić information content (AvgIpc) is 3.19. The minimum atomic E-state index is 0.430. The lowest BCUT2D eigenvalue weighted by atomic mass is 10.0. The highest BCUT2D eigenvalue weighted by molar-refractivity contribution is 7.80. The summed E-state index contributed by atoms with van der Waals surface area (Å²) >= 11 is 5.22. The number of rotatable bonds is 5. The summed E-state index contributed by atoms with van der Waals surface area (Å²) in [4.78, 5) is 2.60. The van der Waals surface area contributed by atoms with Crippen molar-refractivity contribution in [2.75, 3.05) is 11.9 Å². The van der Waals surface area contributed by atoms with Crippen LogP contribution in [0.2, 0.25) is 0 Å². The first-order valence-corrected chi connectivity index (χ1v) is 6.92. The molecule has 1 saturated carbocycles. The Bertz CT molecular complexity index is 468. The van der Waals surface area contributed by atoms with Crippen molar-refractivity contribution in [3.8, 4) is 0 Å². The Hall–Kier alpha value is -1.23. The van der Waals surface area contributed by atoms with Crippen LogP contribution in [0.5, 0.6) is 0 Å². The molecule has 98 valence electrons. The molecule has 1 heterocycles. The van der Waals surface area contributed by atoms with E-state index in [0.717, 1.165) is 35.5 Å². The monoisotopic (exact) mass is 264 g/mol. The molecular formula is C13H20N4S. The third kappa shape index (κ3) is 2.32. The van der Waals surface area contributed by atoms with Gasteiger partial charge in [-0.3, -0.25) is 0 Å². The Morgan fingerprint density at radius 2 is 2.00 bits per heavy atom. The van der Waals surface area contributed by atoms with Crippen molar-refractivity contribution in [1.82, 2.24) is 10.2 Å². The molecule has 0 spiro atoms. The fraction of sp³-hybridized carbons (Fsp3) is 0.615. The third-order valence-electron chi connectivity index (χ3n) is 3.50. The smallest absolute Gasteiger partial charge is 0.161 e. The summed E-state index contributed by atoms with van der Waals surface area (Å²) in [6.45, 7) is 4.19. The molecular weight excluding hydrogens is 244 g/mol. The zero-order valence-electron chi connectivity index (χ0n) is 11.2. The van der Waals surface area contributed by atoms with Crippen molar-refractivity contribution in [2.24, 2.45) is 5.73 Å². The molecule has 0 aromatic carbocycles. The van der Waals surface area contributed by atoms with Gasteiger partial charge in [0.25, 0.3) is 0 Å². The average molecular weight is 264 g/mol. The maximum atomic E-state index is 5.91. The molecule has 2 rings (SSSR count). The lowest BCUT2D eigenvalue weighted by Gasteiger charge is -2.22. The van der Waals surface area contributed by atoms with Gasteiger partial charge >= 0.3 is 0 Å². The molecule has 0 unspecified atom stereocenters. The molecule has 1 aromatic rings. The molecule has 0 aliphatic heterocycles. The van der Waals surface area contributed by atoms with E-state index in [1.54, 1.807) is 0 Å². The highest BCUT2D eigenvalue weighted by Gasteiger charge is 2.30. The normalized spacial score (nSPS) is 14.6. The predicted molar refractivity (Wildman–Crippen MR) is 78.1 cm³/mol. The largest absolute Gasteiger partial charge is 0.389 e. The summed E-state index contributed by atoms with van der Waals surface area (Å²) in [7, 11) is 2.05. The molecule has 5 heteroatoms. The van der Waals surface area contributed by atoms with Gasteiger partial charge < -0.3 is 10.6 Å². The van der Waals surface area contributed by atoms with Crippen LogP contribution in [0.4, 0.5) is 5.82 Å². The number of nitrogens with zero attached hydrogens (tertiary/aromatic N) is 3. The second-order valence-electron chi connectivity index (χ2n) is 4.74. The lowest BCUT2D eigenvalue weighted by Crippen LogP contribution is -2.27. The van der Waals surface area contributed by atoms with Gasteiger partial charge in [-0.15, -0.1) is 5.10 Å². The van der Waals surface area contributed by atoms with Crippen LogP contribution in [0.25, 0.3) is 0 Å². The number of thiocarbonyl (C=S) groups is 1. The number of aryl methyl sites for hydroxylation is 1. The fourth-order valence-electron chi connectivity index (χ4n) is 2.30. The molecule has 1 aromatic heterocycles.